The Labute approximate surface area is 129 Å². The standard InChI is InChI=1S/C14H11BrClFN2O/c1-7-4-8(15)5-12(18)13(7)19-14(20)10-6-9(16)2-3-11(10)17/h2-6H,18H2,1H3,(H,19,20). The number of hydrogen-bond acceptors (Lipinski definition) is 2. The predicted octanol–water partition coefficient (Wildman–Crippen LogP) is 4.38. The summed E-state index contributed by atoms with van der Waals surface area (Å²) in [5, 5.41) is 2.90. The van der Waals surface area contributed by atoms with Crippen molar-refractivity contribution >= 4 is 44.8 Å². The van der Waals surface area contributed by atoms with Gasteiger partial charge in [0.2, 0.25) is 0 Å². The van der Waals surface area contributed by atoms with E-state index in [1.165, 1.54) is 12.1 Å². The largest absolute Gasteiger partial charge is 0.397 e. The Morgan fingerprint density at radius 2 is 2.05 bits per heavy atom. The number of carbonyl (C=O) groups excluding carboxylic acids is 1. The molecule has 0 bridgehead atoms. The third-order valence-corrected chi connectivity index (χ3v) is 3.44. The van der Waals surface area contributed by atoms with E-state index in [1.54, 1.807) is 19.1 Å². The molecular formula is C14H11BrClFN2O. The minimum Gasteiger partial charge on any atom is -0.397 e. The number of halogens is 3. The van der Waals surface area contributed by atoms with Crippen LogP contribution < -0.4 is 11.1 Å². The maximum absolute atomic E-state index is 13.6. The predicted molar refractivity (Wildman–Crippen MR) is 82.7 cm³/mol. The second-order valence-electron chi connectivity index (χ2n) is 4.27. The van der Waals surface area contributed by atoms with Gasteiger partial charge in [-0.05, 0) is 42.8 Å². The molecule has 2 aromatic rings. The minimum absolute atomic E-state index is 0.126. The first kappa shape index (κ1) is 14.8. The molecule has 0 aromatic heterocycles. The van der Waals surface area contributed by atoms with E-state index in [0.29, 0.717) is 11.4 Å². The number of nitrogen functional groups attached to an aromatic ring is 1. The lowest BCUT2D eigenvalue weighted by atomic mass is 10.1. The lowest BCUT2D eigenvalue weighted by molar-refractivity contribution is 0.102. The number of carbonyl (C=O) groups is 1. The van der Waals surface area contributed by atoms with Crippen LogP contribution in [0.1, 0.15) is 15.9 Å². The van der Waals surface area contributed by atoms with Gasteiger partial charge in [0.05, 0.1) is 16.9 Å². The van der Waals surface area contributed by atoms with Gasteiger partial charge in [0, 0.05) is 9.50 Å². The molecule has 2 rings (SSSR count). The third-order valence-electron chi connectivity index (χ3n) is 2.74. The molecule has 0 heterocycles. The van der Waals surface area contributed by atoms with E-state index in [-0.39, 0.29) is 10.6 Å². The molecular weight excluding hydrogens is 347 g/mol. The van der Waals surface area contributed by atoms with Crippen LogP contribution in [-0.4, -0.2) is 5.91 Å². The fraction of sp³-hybridized carbons (Fsp3) is 0.0714. The van der Waals surface area contributed by atoms with Crippen LogP contribution in [0.15, 0.2) is 34.8 Å². The summed E-state index contributed by atoms with van der Waals surface area (Å²) >= 11 is 9.08. The van der Waals surface area contributed by atoms with Crippen LogP contribution >= 0.6 is 27.5 Å². The second kappa shape index (κ2) is 5.81. The van der Waals surface area contributed by atoms with E-state index < -0.39 is 11.7 Å². The molecule has 3 N–H and O–H groups in total. The van der Waals surface area contributed by atoms with Crippen LogP contribution in [0.4, 0.5) is 15.8 Å². The monoisotopic (exact) mass is 356 g/mol. The summed E-state index contributed by atoms with van der Waals surface area (Å²) in [6.45, 7) is 1.80. The van der Waals surface area contributed by atoms with Crippen molar-refractivity contribution in [3.63, 3.8) is 0 Å². The molecule has 0 saturated heterocycles. The quantitative estimate of drug-likeness (QED) is 0.783. The maximum atomic E-state index is 13.6. The minimum atomic E-state index is -0.639. The van der Waals surface area contributed by atoms with Gasteiger partial charge in [-0.3, -0.25) is 4.79 Å². The Bertz CT molecular complexity index is 668. The molecule has 0 unspecified atom stereocenters. The Balaban J connectivity index is 2.35. The molecule has 0 aliphatic carbocycles. The highest BCUT2D eigenvalue weighted by molar-refractivity contribution is 9.10. The fourth-order valence-electron chi connectivity index (χ4n) is 1.79. The number of benzene rings is 2. The molecule has 0 aliphatic heterocycles. The SMILES string of the molecule is Cc1cc(Br)cc(N)c1NC(=O)c1cc(Cl)ccc1F. The second-order valence-corrected chi connectivity index (χ2v) is 5.62. The van der Waals surface area contributed by atoms with Crippen molar-refractivity contribution in [3.05, 3.63) is 56.8 Å². The van der Waals surface area contributed by atoms with Crippen molar-refractivity contribution in [1.82, 2.24) is 0 Å². The van der Waals surface area contributed by atoms with Gasteiger partial charge in [-0.15, -0.1) is 0 Å². The lowest BCUT2D eigenvalue weighted by Crippen LogP contribution is -2.15. The molecule has 20 heavy (non-hydrogen) atoms. The fourth-order valence-corrected chi connectivity index (χ4v) is 2.55. The topological polar surface area (TPSA) is 55.1 Å². The normalized spacial score (nSPS) is 10.4. The number of aryl methyl sites for hydroxylation is 1. The number of nitrogens with one attached hydrogen (secondary N) is 1. The van der Waals surface area contributed by atoms with Gasteiger partial charge in [0.15, 0.2) is 0 Å². The number of amides is 1. The van der Waals surface area contributed by atoms with Crippen LogP contribution in [0.25, 0.3) is 0 Å². The van der Waals surface area contributed by atoms with Gasteiger partial charge in [0.25, 0.3) is 5.91 Å². The average Bonchev–Trinajstić information content (AvgIpc) is 2.36. The molecule has 0 radical (unpaired) electrons. The first-order valence-electron chi connectivity index (χ1n) is 5.70. The highest BCUT2D eigenvalue weighted by Crippen LogP contribution is 2.28. The Hall–Kier alpha value is -1.59. The molecule has 2 aromatic carbocycles. The summed E-state index contributed by atoms with van der Waals surface area (Å²) in [5.41, 5.74) is 7.35. The molecule has 6 heteroatoms. The molecule has 0 saturated carbocycles. The van der Waals surface area contributed by atoms with Gasteiger partial charge in [-0.25, -0.2) is 4.39 Å². The van der Waals surface area contributed by atoms with Crippen LogP contribution in [0.5, 0.6) is 0 Å². The first-order chi connectivity index (χ1) is 9.38. The number of anilines is 2. The van der Waals surface area contributed by atoms with Crippen molar-refractivity contribution in [1.29, 1.82) is 0 Å². The summed E-state index contributed by atoms with van der Waals surface area (Å²) in [6, 6.07) is 7.27. The Morgan fingerprint density at radius 3 is 2.70 bits per heavy atom. The summed E-state index contributed by atoms with van der Waals surface area (Å²) in [7, 11) is 0. The zero-order chi connectivity index (χ0) is 14.9. The Kier molecular flexibility index (Phi) is 4.30. The summed E-state index contributed by atoms with van der Waals surface area (Å²) in [6.07, 6.45) is 0. The van der Waals surface area contributed by atoms with Crippen LogP contribution in [0.3, 0.4) is 0 Å². The zero-order valence-electron chi connectivity index (χ0n) is 10.5. The molecule has 3 nitrogen and oxygen atoms in total. The summed E-state index contributed by atoms with van der Waals surface area (Å²) in [5.74, 6) is -1.23. The van der Waals surface area contributed by atoms with Crippen molar-refractivity contribution in [2.75, 3.05) is 11.1 Å². The Morgan fingerprint density at radius 1 is 1.35 bits per heavy atom. The van der Waals surface area contributed by atoms with Crippen LogP contribution in [-0.2, 0) is 0 Å². The van der Waals surface area contributed by atoms with Crippen molar-refractivity contribution in [3.8, 4) is 0 Å². The lowest BCUT2D eigenvalue weighted by Gasteiger charge is -2.12. The van der Waals surface area contributed by atoms with Crippen molar-refractivity contribution in [2.45, 2.75) is 6.92 Å². The van der Waals surface area contributed by atoms with Gasteiger partial charge < -0.3 is 11.1 Å². The number of rotatable bonds is 2. The van der Waals surface area contributed by atoms with Gasteiger partial charge in [-0.1, -0.05) is 27.5 Å². The molecule has 0 spiro atoms. The molecule has 0 atom stereocenters. The van der Waals surface area contributed by atoms with E-state index in [9.17, 15) is 9.18 Å². The smallest absolute Gasteiger partial charge is 0.258 e. The zero-order valence-corrected chi connectivity index (χ0v) is 12.8. The van der Waals surface area contributed by atoms with E-state index >= 15 is 0 Å². The molecule has 0 aliphatic rings. The molecule has 0 fully saturated rings. The van der Waals surface area contributed by atoms with Gasteiger partial charge in [-0.2, -0.15) is 0 Å². The van der Waals surface area contributed by atoms with Crippen molar-refractivity contribution in [2.24, 2.45) is 0 Å². The maximum Gasteiger partial charge on any atom is 0.258 e. The van der Waals surface area contributed by atoms with E-state index in [4.69, 9.17) is 17.3 Å². The summed E-state index contributed by atoms with van der Waals surface area (Å²) < 4.78 is 14.4. The highest BCUT2D eigenvalue weighted by atomic mass is 79.9. The number of nitrogens with two attached hydrogens (primary N) is 1. The average molecular weight is 358 g/mol. The van der Waals surface area contributed by atoms with Crippen molar-refractivity contribution < 1.29 is 9.18 Å². The molecule has 104 valence electrons. The van der Waals surface area contributed by atoms with Crippen LogP contribution in [0, 0.1) is 12.7 Å². The van der Waals surface area contributed by atoms with E-state index in [2.05, 4.69) is 21.2 Å². The van der Waals surface area contributed by atoms with Crippen LogP contribution in [0.2, 0.25) is 5.02 Å². The van der Waals surface area contributed by atoms with Gasteiger partial charge in [0.1, 0.15) is 5.82 Å². The van der Waals surface area contributed by atoms with E-state index in [0.717, 1.165) is 16.1 Å². The third kappa shape index (κ3) is 3.11. The van der Waals surface area contributed by atoms with Gasteiger partial charge >= 0.3 is 0 Å². The van der Waals surface area contributed by atoms with E-state index in [1.807, 2.05) is 0 Å². The first-order valence-corrected chi connectivity index (χ1v) is 6.87. The highest BCUT2D eigenvalue weighted by Gasteiger charge is 2.15. The summed E-state index contributed by atoms with van der Waals surface area (Å²) in [4.78, 5) is 12.1. The number of hydrogen-bond donors (Lipinski definition) is 2. The molecule has 1 amide bonds.